The van der Waals surface area contributed by atoms with Crippen LogP contribution in [0.2, 0.25) is 0 Å². The van der Waals surface area contributed by atoms with Crippen molar-refractivity contribution in [2.75, 3.05) is 11.1 Å². The molecule has 3 N–H and O–H groups in total. The Labute approximate surface area is 100 Å². The maximum absolute atomic E-state index is 10.6. The molecule has 0 saturated heterocycles. The Balaban J connectivity index is 2.09. The van der Waals surface area contributed by atoms with Gasteiger partial charge in [0, 0.05) is 18.2 Å². The van der Waals surface area contributed by atoms with Crippen LogP contribution in [0.4, 0.5) is 17.1 Å². The maximum Gasteiger partial charge on any atom is 0.271 e. The summed E-state index contributed by atoms with van der Waals surface area (Å²) >= 11 is 0. The Morgan fingerprint density at radius 1 is 1.47 bits per heavy atom. The second kappa shape index (κ2) is 4.61. The molecule has 1 aromatic rings. The van der Waals surface area contributed by atoms with Crippen molar-refractivity contribution < 1.29 is 4.92 Å². The van der Waals surface area contributed by atoms with Crippen molar-refractivity contribution >= 4 is 17.1 Å². The van der Waals surface area contributed by atoms with Crippen molar-refractivity contribution in [2.24, 2.45) is 5.92 Å². The molecule has 1 fully saturated rings. The first-order valence-electron chi connectivity index (χ1n) is 5.86. The monoisotopic (exact) mass is 235 g/mol. The lowest BCUT2D eigenvalue weighted by Gasteiger charge is -2.15. The minimum absolute atomic E-state index is 0.0350. The topological polar surface area (TPSA) is 81.2 Å². The van der Waals surface area contributed by atoms with Gasteiger partial charge in [-0.15, -0.1) is 0 Å². The Hall–Kier alpha value is -1.78. The number of nitrogens with two attached hydrogens (primary N) is 1. The Bertz CT molecular complexity index is 434. The van der Waals surface area contributed by atoms with E-state index >= 15 is 0 Å². The van der Waals surface area contributed by atoms with E-state index in [-0.39, 0.29) is 5.69 Å². The van der Waals surface area contributed by atoms with Crippen LogP contribution in [-0.2, 0) is 0 Å². The Morgan fingerprint density at radius 3 is 2.76 bits per heavy atom. The third-order valence-corrected chi connectivity index (χ3v) is 3.30. The minimum atomic E-state index is -0.433. The summed E-state index contributed by atoms with van der Waals surface area (Å²) in [4.78, 5) is 10.1. The van der Waals surface area contributed by atoms with E-state index in [0.29, 0.717) is 11.7 Å². The zero-order valence-electron chi connectivity index (χ0n) is 9.85. The van der Waals surface area contributed by atoms with E-state index in [1.807, 2.05) is 0 Å². The predicted octanol–water partition coefficient (Wildman–Crippen LogP) is 2.78. The summed E-state index contributed by atoms with van der Waals surface area (Å²) < 4.78 is 0. The summed E-state index contributed by atoms with van der Waals surface area (Å²) in [5.41, 5.74) is 7.08. The molecule has 5 nitrogen and oxygen atoms in total. The molecule has 2 unspecified atom stereocenters. The van der Waals surface area contributed by atoms with Crippen LogP contribution >= 0.6 is 0 Å². The molecule has 1 aliphatic rings. The van der Waals surface area contributed by atoms with Crippen LogP contribution in [0.1, 0.15) is 26.2 Å². The molecule has 0 aliphatic heterocycles. The van der Waals surface area contributed by atoms with Gasteiger partial charge >= 0.3 is 0 Å². The van der Waals surface area contributed by atoms with Crippen molar-refractivity contribution in [2.45, 2.75) is 32.2 Å². The van der Waals surface area contributed by atoms with Crippen molar-refractivity contribution in [3.8, 4) is 0 Å². The van der Waals surface area contributed by atoms with Gasteiger partial charge in [0.25, 0.3) is 5.69 Å². The zero-order valence-corrected chi connectivity index (χ0v) is 9.85. The van der Waals surface area contributed by atoms with Crippen molar-refractivity contribution in [3.63, 3.8) is 0 Å². The second-order valence-corrected chi connectivity index (χ2v) is 4.79. The first-order chi connectivity index (χ1) is 8.06. The van der Waals surface area contributed by atoms with Crippen LogP contribution in [0.5, 0.6) is 0 Å². The molecule has 0 bridgehead atoms. The van der Waals surface area contributed by atoms with Crippen molar-refractivity contribution in [3.05, 3.63) is 28.3 Å². The highest BCUT2D eigenvalue weighted by atomic mass is 16.6. The SMILES string of the molecule is CC1CCC(Nc2ccc([N+](=O)[O-])cc2N)C1. The van der Waals surface area contributed by atoms with Crippen LogP contribution in [0.25, 0.3) is 0 Å². The van der Waals surface area contributed by atoms with E-state index in [2.05, 4.69) is 12.2 Å². The molecule has 2 atom stereocenters. The number of hydrogen-bond donors (Lipinski definition) is 2. The number of nitro groups is 1. The molecule has 0 aromatic heterocycles. The van der Waals surface area contributed by atoms with Crippen molar-refractivity contribution in [1.82, 2.24) is 0 Å². The van der Waals surface area contributed by atoms with Gasteiger partial charge in [0.05, 0.1) is 16.3 Å². The summed E-state index contributed by atoms with van der Waals surface area (Å²) in [6, 6.07) is 5.02. The molecular formula is C12H17N3O2. The van der Waals surface area contributed by atoms with Crippen LogP contribution in [0, 0.1) is 16.0 Å². The van der Waals surface area contributed by atoms with E-state index in [9.17, 15) is 10.1 Å². The average molecular weight is 235 g/mol. The lowest BCUT2D eigenvalue weighted by Crippen LogP contribution is -2.16. The fraction of sp³-hybridized carbons (Fsp3) is 0.500. The predicted molar refractivity (Wildman–Crippen MR) is 67.9 cm³/mol. The molecule has 1 aromatic carbocycles. The highest BCUT2D eigenvalue weighted by molar-refractivity contribution is 5.69. The van der Waals surface area contributed by atoms with Gasteiger partial charge in [0.15, 0.2) is 0 Å². The Morgan fingerprint density at radius 2 is 2.24 bits per heavy atom. The molecule has 17 heavy (non-hydrogen) atoms. The van der Waals surface area contributed by atoms with E-state index in [1.54, 1.807) is 6.07 Å². The van der Waals surface area contributed by atoms with Gasteiger partial charge in [-0.3, -0.25) is 10.1 Å². The van der Waals surface area contributed by atoms with Crippen LogP contribution in [0.3, 0.4) is 0 Å². The molecule has 1 saturated carbocycles. The first kappa shape index (κ1) is 11.7. The molecule has 5 heteroatoms. The summed E-state index contributed by atoms with van der Waals surface area (Å²) in [5.74, 6) is 0.742. The Kier molecular flexibility index (Phi) is 3.17. The number of non-ortho nitro benzene ring substituents is 1. The van der Waals surface area contributed by atoms with Gasteiger partial charge in [0.1, 0.15) is 0 Å². The zero-order chi connectivity index (χ0) is 12.4. The average Bonchev–Trinajstić information content (AvgIpc) is 2.67. The normalized spacial score (nSPS) is 23.6. The maximum atomic E-state index is 10.6. The second-order valence-electron chi connectivity index (χ2n) is 4.79. The number of nitrogens with zero attached hydrogens (tertiary/aromatic N) is 1. The molecule has 92 valence electrons. The number of rotatable bonds is 3. The standard InChI is InChI=1S/C12H17N3O2/c1-8-2-3-9(6-8)14-12-5-4-10(15(16)17)7-11(12)13/h4-5,7-9,14H,2-3,6,13H2,1H3. The lowest BCUT2D eigenvalue weighted by atomic mass is 10.1. The summed E-state index contributed by atoms with van der Waals surface area (Å²) in [7, 11) is 0. The van der Waals surface area contributed by atoms with E-state index < -0.39 is 4.92 Å². The van der Waals surface area contributed by atoms with Gasteiger partial charge in [-0.25, -0.2) is 0 Å². The minimum Gasteiger partial charge on any atom is -0.397 e. The molecule has 0 amide bonds. The number of nitrogen functional groups attached to an aromatic ring is 1. The highest BCUT2D eigenvalue weighted by Gasteiger charge is 2.21. The number of anilines is 2. The molecule has 2 rings (SSSR count). The molecular weight excluding hydrogens is 218 g/mol. The summed E-state index contributed by atoms with van der Waals surface area (Å²) in [6.07, 6.45) is 3.50. The smallest absolute Gasteiger partial charge is 0.271 e. The fourth-order valence-corrected chi connectivity index (χ4v) is 2.35. The third-order valence-electron chi connectivity index (χ3n) is 3.30. The van der Waals surface area contributed by atoms with Gasteiger partial charge in [0.2, 0.25) is 0 Å². The van der Waals surface area contributed by atoms with E-state index in [4.69, 9.17) is 5.73 Å². The van der Waals surface area contributed by atoms with Crippen LogP contribution in [-0.4, -0.2) is 11.0 Å². The molecule has 0 radical (unpaired) electrons. The largest absolute Gasteiger partial charge is 0.397 e. The number of hydrogen-bond acceptors (Lipinski definition) is 4. The number of nitrogens with one attached hydrogen (secondary N) is 1. The van der Waals surface area contributed by atoms with Crippen molar-refractivity contribution in [1.29, 1.82) is 0 Å². The van der Waals surface area contributed by atoms with Gasteiger partial charge < -0.3 is 11.1 Å². The third kappa shape index (κ3) is 2.67. The van der Waals surface area contributed by atoms with Gasteiger partial charge in [-0.2, -0.15) is 0 Å². The van der Waals surface area contributed by atoms with Gasteiger partial charge in [-0.05, 0) is 31.2 Å². The van der Waals surface area contributed by atoms with Crippen LogP contribution < -0.4 is 11.1 Å². The highest BCUT2D eigenvalue weighted by Crippen LogP contribution is 2.30. The molecule has 1 aliphatic carbocycles. The quantitative estimate of drug-likeness (QED) is 0.479. The van der Waals surface area contributed by atoms with E-state index in [1.165, 1.54) is 18.6 Å². The number of benzene rings is 1. The van der Waals surface area contributed by atoms with Crippen LogP contribution in [0.15, 0.2) is 18.2 Å². The number of nitro benzene ring substituents is 1. The van der Waals surface area contributed by atoms with Gasteiger partial charge in [-0.1, -0.05) is 6.92 Å². The lowest BCUT2D eigenvalue weighted by molar-refractivity contribution is -0.384. The summed E-state index contributed by atoms with van der Waals surface area (Å²) in [6.45, 7) is 2.24. The first-order valence-corrected chi connectivity index (χ1v) is 5.86. The molecule has 0 spiro atoms. The fourth-order valence-electron chi connectivity index (χ4n) is 2.35. The van der Waals surface area contributed by atoms with E-state index in [0.717, 1.165) is 24.4 Å². The summed E-state index contributed by atoms with van der Waals surface area (Å²) in [5, 5.41) is 13.9. The molecule has 0 heterocycles.